The molecule has 0 heterocycles. The van der Waals surface area contributed by atoms with Crippen molar-refractivity contribution >= 4 is 23.5 Å². The monoisotopic (exact) mass is 288 g/mol. The molecule has 0 radical (unpaired) electrons. The predicted octanol–water partition coefficient (Wildman–Crippen LogP) is 6.30. The van der Waals surface area contributed by atoms with Gasteiger partial charge in [-0.15, -0.1) is 0 Å². The van der Waals surface area contributed by atoms with E-state index in [1.165, 1.54) is 0 Å². The van der Waals surface area contributed by atoms with E-state index in [2.05, 4.69) is 20.1 Å². The van der Waals surface area contributed by atoms with E-state index in [4.69, 9.17) is 11.1 Å². The van der Waals surface area contributed by atoms with Crippen LogP contribution in [0.3, 0.4) is 0 Å². The molecule has 0 N–H and O–H groups in total. The molecule has 0 aliphatic heterocycles. The molecular formula is C16H12N6. The van der Waals surface area contributed by atoms with E-state index in [0.717, 1.165) is 11.1 Å². The van der Waals surface area contributed by atoms with Crippen molar-refractivity contribution in [1.29, 1.82) is 0 Å². The van der Waals surface area contributed by atoms with Gasteiger partial charge < -0.3 is 0 Å². The Balaban J connectivity index is 1.98. The highest BCUT2D eigenvalue weighted by molar-refractivity contribution is 5.59. The molecule has 2 aromatic carbocycles. The molecule has 0 bridgehead atoms. The minimum Gasteiger partial charge on any atom is -0.0617 e. The van der Waals surface area contributed by atoms with E-state index in [0.29, 0.717) is 11.4 Å². The minimum absolute atomic E-state index is 0.593. The van der Waals surface area contributed by atoms with Crippen molar-refractivity contribution in [1.82, 2.24) is 0 Å². The van der Waals surface area contributed by atoms with E-state index in [-0.39, 0.29) is 0 Å². The Hall–Kier alpha value is -3.46. The van der Waals surface area contributed by atoms with E-state index in [1.807, 2.05) is 48.6 Å². The van der Waals surface area contributed by atoms with Gasteiger partial charge in [0, 0.05) is 21.2 Å². The molecule has 2 rings (SSSR count). The quantitative estimate of drug-likeness (QED) is 0.267. The predicted molar refractivity (Wildman–Crippen MR) is 88.6 cm³/mol. The van der Waals surface area contributed by atoms with E-state index in [1.54, 1.807) is 24.3 Å². The molecule has 0 saturated carbocycles. The van der Waals surface area contributed by atoms with Gasteiger partial charge in [-0.05, 0) is 22.2 Å². The molecule has 0 aromatic heterocycles. The highest BCUT2D eigenvalue weighted by Gasteiger charge is 1.89. The number of azide groups is 2. The average molecular weight is 288 g/mol. The third-order valence-corrected chi connectivity index (χ3v) is 2.80. The van der Waals surface area contributed by atoms with Gasteiger partial charge in [0.2, 0.25) is 0 Å². The first-order valence-electron chi connectivity index (χ1n) is 6.47. The van der Waals surface area contributed by atoms with Crippen molar-refractivity contribution in [2.45, 2.75) is 0 Å². The summed E-state index contributed by atoms with van der Waals surface area (Å²) in [5.41, 5.74) is 19.9. The molecule has 0 atom stereocenters. The van der Waals surface area contributed by atoms with Gasteiger partial charge in [0.15, 0.2) is 0 Å². The molecule has 106 valence electrons. The van der Waals surface area contributed by atoms with Gasteiger partial charge in [-0.25, -0.2) is 0 Å². The molecule has 0 saturated heterocycles. The van der Waals surface area contributed by atoms with E-state index in [9.17, 15) is 0 Å². The summed E-state index contributed by atoms with van der Waals surface area (Å²) < 4.78 is 0. The zero-order chi connectivity index (χ0) is 15.6. The molecule has 0 amide bonds. The van der Waals surface area contributed by atoms with Crippen LogP contribution in [0.25, 0.3) is 33.0 Å². The molecule has 0 aliphatic rings. The highest BCUT2D eigenvalue weighted by atomic mass is 15.1. The minimum atomic E-state index is 0.593. The normalized spacial score (nSPS) is 10.4. The summed E-state index contributed by atoms with van der Waals surface area (Å²) in [6, 6.07) is 14.6. The van der Waals surface area contributed by atoms with Crippen molar-refractivity contribution in [3.8, 4) is 0 Å². The van der Waals surface area contributed by atoms with Gasteiger partial charge in [0.05, 0.1) is 0 Å². The number of allylic oxidation sites excluding steroid dienone is 2. The summed E-state index contributed by atoms with van der Waals surface area (Å²) in [7, 11) is 0. The second-order valence-corrected chi connectivity index (χ2v) is 4.28. The lowest BCUT2D eigenvalue weighted by molar-refractivity contribution is 1.47. The lowest BCUT2D eigenvalue weighted by Gasteiger charge is -1.94. The van der Waals surface area contributed by atoms with Gasteiger partial charge in [-0.3, -0.25) is 0 Å². The fourth-order valence-corrected chi connectivity index (χ4v) is 1.74. The topological polar surface area (TPSA) is 97.5 Å². The Kier molecular flexibility index (Phi) is 5.41. The fraction of sp³-hybridized carbons (Fsp3) is 0. The summed E-state index contributed by atoms with van der Waals surface area (Å²) in [4.78, 5) is 5.46. The Morgan fingerprint density at radius 1 is 0.636 bits per heavy atom. The third kappa shape index (κ3) is 4.58. The van der Waals surface area contributed by atoms with Crippen LogP contribution in [0.5, 0.6) is 0 Å². The second kappa shape index (κ2) is 7.97. The van der Waals surface area contributed by atoms with Crippen molar-refractivity contribution in [2.75, 3.05) is 0 Å². The smallest absolute Gasteiger partial charge is 0.0375 e. The molecule has 2 aromatic rings. The first-order valence-corrected chi connectivity index (χ1v) is 6.47. The Morgan fingerprint density at radius 3 is 1.32 bits per heavy atom. The maximum Gasteiger partial charge on any atom is 0.0375 e. The number of rotatable bonds is 5. The van der Waals surface area contributed by atoms with Crippen LogP contribution in [-0.2, 0) is 0 Å². The number of hydrogen-bond donors (Lipinski definition) is 0. The Morgan fingerprint density at radius 2 is 1.00 bits per heavy atom. The number of benzene rings is 2. The number of nitrogens with zero attached hydrogens (tertiary/aromatic N) is 6. The van der Waals surface area contributed by atoms with Gasteiger partial charge in [-0.2, -0.15) is 0 Å². The molecule has 0 spiro atoms. The van der Waals surface area contributed by atoms with Crippen LogP contribution >= 0.6 is 0 Å². The average Bonchev–Trinajstić information content (AvgIpc) is 2.55. The van der Waals surface area contributed by atoms with Crippen LogP contribution in [0.15, 0.2) is 70.9 Å². The van der Waals surface area contributed by atoms with Gasteiger partial charge >= 0.3 is 0 Å². The molecule has 6 heteroatoms. The van der Waals surface area contributed by atoms with Crippen LogP contribution in [0.4, 0.5) is 11.4 Å². The van der Waals surface area contributed by atoms with Crippen molar-refractivity contribution in [2.24, 2.45) is 10.2 Å². The number of hydrogen-bond acceptors (Lipinski definition) is 2. The zero-order valence-electron chi connectivity index (χ0n) is 11.6. The lowest BCUT2D eigenvalue weighted by atomic mass is 10.1. The zero-order valence-corrected chi connectivity index (χ0v) is 11.6. The molecule has 0 fully saturated rings. The Labute approximate surface area is 127 Å². The first kappa shape index (κ1) is 14.9. The second-order valence-electron chi connectivity index (χ2n) is 4.28. The maximum atomic E-state index is 8.33. The van der Waals surface area contributed by atoms with E-state index < -0.39 is 0 Å². The standard InChI is InChI=1S/C16H12N6/c17-21-19-15-9-5-13(6-10-15)3-1-2-4-14-7-11-16(12-8-14)20-22-18/h1-12H/b3-1+,4-2+. The van der Waals surface area contributed by atoms with Crippen molar-refractivity contribution in [3.63, 3.8) is 0 Å². The van der Waals surface area contributed by atoms with Gasteiger partial charge in [0.1, 0.15) is 0 Å². The fourth-order valence-electron chi connectivity index (χ4n) is 1.74. The molecule has 0 aliphatic carbocycles. The first-order chi connectivity index (χ1) is 10.8. The third-order valence-electron chi connectivity index (χ3n) is 2.80. The summed E-state index contributed by atoms with van der Waals surface area (Å²) in [5, 5.41) is 7.03. The summed E-state index contributed by atoms with van der Waals surface area (Å²) in [5.74, 6) is 0. The lowest BCUT2D eigenvalue weighted by Crippen LogP contribution is -1.70. The Bertz CT molecular complexity index is 705. The molecule has 6 nitrogen and oxygen atoms in total. The maximum absolute atomic E-state index is 8.33. The SMILES string of the molecule is [N-]=[N+]=Nc1ccc(/C=C/C=C/c2ccc(N=[N+]=[N-])cc2)cc1. The van der Waals surface area contributed by atoms with Gasteiger partial charge in [-0.1, -0.05) is 83.1 Å². The van der Waals surface area contributed by atoms with Crippen LogP contribution in [-0.4, -0.2) is 0 Å². The van der Waals surface area contributed by atoms with Crippen LogP contribution < -0.4 is 0 Å². The van der Waals surface area contributed by atoms with Crippen molar-refractivity contribution in [3.05, 3.63) is 92.7 Å². The van der Waals surface area contributed by atoms with Crippen molar-refractivity contribution < 1.29 is 0 Å². The van der Waals surface area contributed by atoms with Crippen LogP contribution in [0.2, 0.25) is 0 Å². The largest absolute Gasteiger partial charge is 0.0617 e. The van der Waals surface area contributed by atoms with Crippen LogP contribution in [0, 0.1) is 0 Å². The summed E-state index contributed by atoms with van der Waals surface area (Å²) >= 11 is 0. The molecule has 0 unspecified atom stereocenters. The molecule has 22 heavy (non-hydrogen) atoms. The summed E-state index contributed by atoms with van der Waals surface area (Å²) in [6.07, 6.45) is 7.74. The van der Waals surface area contributed by atoms with Gasteiger partial charge in [0.25, 0.3) is 0 Å². The van der Waals surface area contributed by atoms with E-state index >= 15 is 0 Å². The summed E-state index contributed by atoms with van der Waals surface area (Å²) in [6.45, 7) is 0. The van der Waals surface area contributed by atoms with Crippen LogP contribution in [0.1, 0.15) is 11.1 Å². The highest BCUT2D eigenvalue weighted by Crippen LogP contribution is 2.15. The molecular weight excluding hydrogens is 276 g/mol.